The Morgan fingerprint density at radius 3 is 2.35 bits per heavy atom. The molecule has 0 aliphatic carbocycles. The second-order valence-electron chi connectivity index (χ2n) is 9.95. The number of carbonyl (C=O) groups is 1. The van der Waals surface area contributed by atoms with Crippen molar-refractivity contribution in [3.05, 3.63) is 50.9 Å². The molecule has 0 saturated carbocycles. The van der Waals surface area contributed by atoms with Gasteiger partial charge in [0, 0.05) is 30.0 Å². The van der Waals surface area contributed by atoms with Gasteiger partial charge in [0.2, 0.25) is 5.91 Å². The van der Waals surface area contributed by atoms with E-state index in [9.17, 15) is 40.0 Å². The number of hydrogen-bond donors (Lipinski definition) is 2. The van der Waals surface area contributed by atoms with Crippen LogP contribution in [0.2, 0.25) is 0 Å². The lowest BCUT2D eigenvalue weighted by atomic mass is 10.1. The highest BCUT2D eigenvalue weighted by Gasteiger charge is 2.56. The number of rotatable bonds is 15. The SMILES string of the molecule is CCCCCC(=O)NCc1ccc(S(=O)(=O)Nc2nc(=O)n3c(C)c(C)sc(SCCCCC(F)(F)C(F)(F)F)c2-3)cc1. The van der Waals surface area contributed by atoms with E-state index in [0.717, 1.165) is 35.9 Å². The number of hydrogen-bond acceptors (Lipinski definition) is 7. The molecule has 3 rings (SSSR count). The van der Waals surface area contributed by atoms with Gasteiger partial charge in [-0.3, -0.25) is 14.1 Å². The Hall–Kier alpha value is -2.72. The van der Waals surface area contributed by atoms with Crippen molar-refractivity contribution in [1.29, 1.82) is 0 Å². The largest absolute Gasteiger partial charge is 0.453 e. The van der Waals surface area contributed by atoms with Crippen LogP contribution in [0, 0.1) is 13.8 Å². The van der Waals surface area contributed by atoms with E-state index in [4.69, 9.17) is 0 Å². The number of sulfonamides is 1. The highest BCUT2D eigenvalue weighted by molar-refractivity contribution is 8.01. The van der Waals surface area contributed by atoms with Crippen LogP contribution in [-0.4, -0.2) is 41.7 Å². The fraction of sp³-hybridized carbons (Fsp3) is 0.519. The number of amides is 1. The predicted octanol–water partition coefficient (Wildman–Crippen LogP) is 6.81. The maximum Gasteiger partial charge on any atom is 0.453 e. The zero-order chi connectivity index (χ0) is 32.0. The van der Waals surface area contributed by atoms with Crippen LogP contribution in [0.5, 0.6) is 0 Å². The number of fused-ring (bicyclic) bond motifs is 1. The number of aromatic nitrogens is 2. The maximum atomic E-state index is 13.2. The third kappa shape index (κ3) is 8.91. The van der Waals surface area contributed by atoms with Crippen LogP contribution in [0.3, 0.4) is 0 Å². The standard InChI is InChI=1S/C27H33F5N4O4S3/c1-4-5-6-9-21(37)33-16-19-10-12-20(13-11-19)43(39,40)35-23-22-24(42-18(3)17(2)36(22)25(38)34-23)41-15-8-7-14-26(28,29)27(30,31)32/h10-13H,4-9,14-16H2,1-3H3,(H,33,37)(H,34,35,38). The molecule has 0 spiro atoms. The summed E-state index contributed by atoms with van der Waals surface area (Å²) in [6.07, 6.45) is -4.13. The number of unbranched alkanes of at least 4 members (excludes halogenated alkanes) is 3. The number of halogens is 5. The van der Waals surface area contributed by atoms with Crippen molar-refractivity contribution in [2.75, 3.05) is 10.5 Å². The quantitative estimate of drug-likeness (QED) is 0.105. The maximum absolute atomic E-state index is 13.2. The lowest BCUT2D eigenvalue weighted by Crippen LogP contribution is -2.36. The molecular formula is C27H33F5N4O4S3. The molecular weight excluding hydrogens is 636 g/mol. The highest BCUT2D eigenvalue weighted by atomic mass is 32.2. The number of thioether (sulfide) groups is 1. The van der Waals surface area contributed by atoms with E-state index < -0.39 is 34.2 Å². The van der Waals surface area contributed by atoms with Crippen molar-refractivity contribution >= 4 is 44.8 Å². The number of nitrogens with zero attached hydrogens (tertiary/aromatic N) is 2. The Morgan fingerprint density at radius 2 is 1.72 bits per heavy atom. The summed E-state index contributed by atoms with van der Waals surface area (Å²) in [6, 6.07) is 5.85. The van der Waals surface area contributed by atoms with Gasteiger partial charge < -0.3 is 5.32 Å². The third-order valence-electron chi connectivity index (χ3n) is 6.63. The molecule has 8 nitrogen and oxygen atoms in total. The van der Waals surface area contributed by atoms with Gasteiger partial charge in [-0.05, 0) is 56.6 Å². The second-order valence-corrected chi connectivity index (χ2v) is 14.2. The van der Waals surface area contributed by atoms with Crippen LogP contribution >= 0.6 is 23.1 Å². The van der Waals surface area contributed by atoms with E-state index in [0.29, 0.717) is 21.9 Å². The minimum absolute atomic E-state index is 0.0348. The molecule has 1 aromatic rings. The van der Waals surface area contributed by atoms with E-state index in [-0.39, 0.29) is 47.4 Å². The number of alkyl halides is 5. The molecule has 16 heteroatoms. The highest BCUT2D eigenvalue weighted by Crippen LogP contribution is 2.41. The molecule has 0 atom stereocenters. The van der Waals surface area contributed by atoms with Gasteiger partial charge in [0.1, 0.15) is 5.69 Å². The van der Waals surface area contributed by atoms with Crippen molar-refractivity contribution in [3.8, 4) is 5.69 Å². The van der Waals surface area contributed by atoms with E-state index in [1.54, 1.807) is 26.0 Å². The normalized spacial score (nSPS) is 12.6. The molecule has 0 fully saturated rings. The van der Waals surface area contributed by atoms with Crippen LogP contribution in [0.25, 0.3) is 5.69 Å². The van der Waals surface area contributed by atoms with Gasteiger partial charge in [0.05, 0.1) is 9.10 Å². The minimum atomic E-state index is -5.61. The van der Waals surface area contributed by atoms with Crippen molar-refractivity contribution in [2.24, 2.45) is 0 Å². The average molecular weight is 669 g/mol. The first-order chi connectivity index (χ1) is 20.1. The lowest BCUT2D eigenvalue weighted by molar-refractivity contribution is -0.284. The molecule has 0 radical (unpaired) electrons. The van der Waals surface area contributed by atoms with Crippen LogP contribution in [0.1, 0.15) is 68.0 Å². The monoisotopic (exact) mass is 668 g/mol. The first-order valence-corrected chi connectivity index (χ1v) is 16.8. The van der Waals surface area contributed by atoms with Gasteiger partial charge in [-0.2, -0.15) is 26.9 Å². The number of carbonyl (C=O) groups excluding carboxylic acids is 1. The van der Waals surface area contributed by atoms with Gasteiger partial charge in [-0.1, -0.05) is 31.9 Å². The molecule has 2 aliphatic rings. The zero-order valence-corrected chi connectivity index (χ0v) is 26.3. The first kappa shape index (κ1) is 34.8. The van der Waals surface area contributed by atoms with Crippen molar-refractivity contribution < 1.29 is 35.2 Å². The Kier molecular flexibility index (Phi) is 11.6. The molecule has 2 aliphatic heterocycles. The molecule has 2 heterocycles. The Labute approximate surface area is 254 Å². The van der Waals surface area contributed by atoms with Gasteiger partial charge >= 0.3 is 17.8 Å². The number of imidazole rings is 1. The molecule has 0 aromatic heterocycles. The molecule has 238 valence electrons. The fourth-order valence-corrected chi connectivity index (χ4v) is 7.57. The van der Waals surface area contributed by atoms with Crippen molar-refractivity contribution in [3.63, 3.8) is 0 Å². The average Bonchev–Trinajstić information content (AvgIpc) is 3.24. The summed E-state index contributed by atoms with van der Waals surface area (Å²) >= 11 is 2.35. The summed E-state index contributed by atoms with van der Waals surface area (Å²) < 4.78 is 94.3. The Bertz CT molecular complexity index is 1540. The summed E-state index contributed by atoms with van der Waals surface area (Å²) in [6.45, 7) is 5.68. The summed E-state index contributed by atoms with van der Waals surface area (Å²) in [5.41, 5.74) is 0.669. The van der Waals surface area contributed by atoms with Crippen LogP contribution in [0.15, 0.2) is 38.2 Å². The molecule has 43 heavy (non-hydrogen) atoms. The third-order valence-corrected chi connectivity index (χ3v) is 10.5. The Morgan fingerprint density at radius 1 is 1.05 bits per heavy atom. The molecule has 0 saturated heterocycles. The predicted molar refractivity (Wildman–Crippen MR) is 157 cm³/mol. The molecule has 0 bridgehead atoms. The first-order valence-electron chi connectivity index (χ1n) is 13.6. The molecule has 2 N–H and O–H groups in total. The Balaban J connectivity index is 1.74. The topological polar surface area (TPSA) is 110 Å². The smallest absolute Gasteiger partial charge is 0.352 e. The van der Waals surface area contributed by atoms with Crippen molar-refractivity contribution in [2.45, 2.75) is 93.5 Å². The van der Waals surface area contributed by atoms with Crippen LogP contribution < -0.4 is 15.7 Å². The summed E-state index contributed by atoms with van der Waals surface area (Å²) in [7, 11) is -4.20. The van der Waals surface area contributed by atoms with E-state index in [1.165, 1.54) is 28.0 Å². The molecule has 0 unspecified atom stereocenters. The summed E-state index contributed by atoms with van der Waals surface area (Å²) in [5, 5.41) is 2.79. The molecule has 1 aromatic carbocycles. The minimum Gasteiger partial charge on any atom is -0.352 e. The van der Waals surface area contributed by atoms with Crippen LogP contribution in [0.4, 0.5) is 27.8 Å². The number of aryl methyl sites for hydroxylation is 1. The van der Waals surface area contributed by atoms with Crippen LogP contribution in [-0.2, 0) is 21.4 Å². The second kappa shape index (κ2) is 14.4. The van der Waals surface area contributed by atoms with E-state index >= 15 is 0 Å². The van der Waals surface area contributed by atoms with Gasteiger partial charge in [-0.15, -0.1) is 23.1 Å². The molecule has 1 amide bonds. The summed E-state index contributed by atoms with van der Waals surface area (Å²) in [4.78, 5) is 29.2. The van der Waals surface area contributed by atoms with Crippen molar-refractivity contribution in [1.82, 2.24) is 14.9 Å². The van der Waals surface area contributed by atoms with Gasteiger partial charge in [0.25, 0.3) is 10.0 Å². The van der Waals surface area contributed by atoms with E-state index in [1.807, 2.05) is 6.92 Å². The van der Waals surface area contributed by atoms with Gasteiger partial charge in [0.15, 0.2) is 5.82 Å². The lowest BCUT2D eigenvalue weighted by Gasteiger charge is -2.19. The number of benzene rings is 1. The van der Waals surface area contributed by atoms with Gasteiger partial charge in [-0.25, -0.2) is 13.2 Å². The fourth-order valence-electron chi connectivity index (χ4n) is 4.04. The number of anilines is 1. The van der Waals surface area contributed by atoms with E-state index in [2.05, 4.69) is 15.0 Å². The zero-order valence-electron chi connectivity index (χ0n) is 23.8. The summed E-state index contributed by atoms with van der Waals surface area (Å²) in [5.74, 6) is -4.93. The number of nitrogens with one attached hydrogen (secondary N) is 2.